The minimum absolute atomic E-state index is 0.0586. The second kappa shape index (κ2) is 4.78. The lowest BCUT2D eigenvalue weighted by Gasteiger charge is -2.31. The Kier molecular flexibility index (Phi) is 3.36. The van der Waals surface area contributed by atoms with Crippen LogP contribution in [0.3, 0.4) is 0 Å². The number of carbonyl (C=O) groups is 1. The molecule has 1 unspecified atom stereocenters. The maximum Gasteiger partial charge on any atom is 0.255 e. The lowest BCUT2D eigenvalue weighted by Crippen LogP contribution is -2.40. The number of rotatable bonds is 3. The van der Waals surface area contributed by atoms with Gasteiger partial charge in [-0.3, -0.25) is 4.79 Å². The van der Waals surface area contributed by atoms with Crippen molar-refractivity contribution < 1.29 is 9.90 Å². The van der Waals surface area contributed by atoms with E-state index < -0.39 is 0 Å². The summed E-state index contributed by atoms with van der Waals surface area (Å²) in [5.74, 6) is 0.483. The van der Waals surface area contributed by atoms with Gasteiger partial charge in [0.25, 0.3) is 5.91 Å². The number of hydrogen-bond donors (Lipinski definition) is 2. The third-order valence-electron chi connectivity index (χ3n) is 3.61. The maximum atomic E-state index is 12.0. The van der Waals surface area contributed by atoms with E-state index >= 15 is 0 Å². The van der Waals surface area contributed by atoms with Gasteiger partial charge in [-0.25, -0.2) is 0 Å². The van der Waals surface area contributed by atoms with Gasteiger partial charge in [-0.15, -0.1) is 0 Å². The zero-order valence-corrected chi connectivity index (χ0v) is 10.4. The highest BCUT2D eigenvalue weighted by molar-refractivity contribution is 5.97. The first-order chi connectivity index (χ1) is 8.08. The fourth-order valence-corrected chi connectivity index (χ4v) is 2.18. The SMILES string of the molecule is Cc1ccc(C(=O)NC(C)C2CCC2)c(O)c1. The summed E-state index contributed by atoms with van der Waals surface area (Å²) in [6.45, 7) is 3.92. The first-order valence-electron chi connectivity index (χ1n) is 6.18. The number of aryl methyl sites for hydroxylation is 1. The van der Waals surface area contributed by atoms with Crippen molar-refractivity contribution in [3.8, 4) is 5.75 Å². The normalized spacial score (nSPS) is 17.3. The average molecular weight is 233 g/mol. The molecule has 3 nitrogen and oxygen atoms in total. The van der Waals surface area contributed by atoms with Crippen LogP contribution >= 0.6 is 0 Å². The van der Waals surface area contributed by atoms with Crippen LogP contribution in [0, 0.1) is 12.8 Å². The predicted molar refractivity (Wildman–Crippen MR) is 67.1 cm³/mol. The predicted octanol–water partition coefficient (Wildman–Crippen LogP) is 2.62. The molecule has 2 rings (SSSR count). The van der Waals surface area contributed by atoms with Crippen molar-refractivity contribution in [1.82, 2.24) is 5.32 Å². The van der Waals surface area contributed by atoms with Crippen molar-refractivity contribution in [1.29, 1.82) is 0 Å². The zero-order chi connectivity index (χ0) is 12.4. The molecule has 1 atom stereocenters. The van der Waals surface area contributed by atoms with Crippen molar-refractivity contribution in [3.05, 3.63) is 29.3 Å². The molecule has 3 heteroatoms. The summed E-state index contributed by atoms with van der Waals surface area (Å²) in [6.07, 6.45) is 3.66. The Bertz CT molecular complexity index is 424. The molecule has 0 aromatic heterocycles. The molecule has 1 fully saturated rings. The van der Waals surface area contributed by atoms with Crippen LogP contribution in [-0.4, -0.2) is 17.1 Å². The fraction of sp³-hybridized carbons (Fsp3) is 0.500. The Labute approximate surface area is 102 Å². The van der Waals surface area contributed by atoms with E-state index in [0.29, 0.717) is 11.5 Å². The monoisotopic (exact) mass is 233 g/mol. The van der Waals surface area contributed by atoms with E-state index in [1.54, 1.807) is 12.1 Å². The molecule has 1 aliphatic rings. The van der Waals surface area contributed by atoms with Crippen molar-refractivity contribution in [2.45, 2.75) is 39.2 Å². The second-order valence-electron chi connectivity index (χ2n) is 4.97. The Balaban J connectivity index is 2.03. The highest BCUT2D eigenvalue weighted by Crippen LogP contribution is 2.29. The van der Waals surface area contributed by atoms with Gasteiger partial charge in [0, 0.05) is 6.04 Å². The largest absolute Gasteiger partial charge is 0.507 e. The third kappa shape index (κ3) is 2.60. The maximum absolute atomic E-state index is 12.0. The van der Waals surface area contributed by atoms with E-state index in [-0.39, 0.29) is 17.7 Å². The van der Waals surface area contributed by atoms with Gasteiger partial charge >= 0.3 is 0 Å². The van der Waals surface area contributed by atoms with Gasteiger partial charge in [-0.1, -0.05) is 12.5 Å². The summed E-state index contributed by atoms with van der Waals surface area (Å²) < 4.78 is 0. The topological polar surface area (TPSA) is 49.3 Å². The number of benzene rings is 1. The van der Waals surface area contributed by atoms with Crippen LogP contribution in [0.4, 0.5) is 0 Å². The standard InChI is InChI=1S/C14H19NO2/c1-9-6-7-12(13(16)8-9)14(17)15-10(2)11-4-3-5-11/h6-8,10-11,16H,3-5H2,1-2H3,(H,15,17). The molecule has 1 amide bonds. The number of aromatic hydroxyl groups is 1. The number of nitrogens with one attached hydrogen (secondary N) is 1. The Morgan fingerprint density at radius 1 is 1.47 bits per heavy atom. The molecule has 0 saturated heterocycles. The molecule has 1 aliphatic carbocycles. The molecule has 2 N–H and O–H groups in total. The van der Waals surface area contributed by atoms with Crippen molar-refractivity contribution in [2.75, 3.05) is 0 Å². The second-order valence-corrected chi connectivity index (χ2v) is 4.97. The summed E-state index contributed by atoms with van der Waals surface area (Å²) >= 11 is 0. The molecule has 0 radical (unpaired) electrons. The smallest absolute Gasteiger partial charge is 0.255 e. The van der Waals surface area contributed by atoms with E-state index in [0.717, 1.165) is 5.56 Å². The first kappa shape index (κ1) is 12.0. The van der Waals surface area contributed by atoms with Crippen molar-refractivity contribution in [3.63, 3.8) is 0 Å². The van der Waals surface area contributed by atoms with E-state index in [1.807, 2.05) is 19.9 Å². The zero-order valence-electron chi connectivity index (χ0n) is 10.4. The van der Waals surface area contributed by atoms with Gasteiger partial charge in [0.1, 0.15) is 5.75 Å². The van der Waals surface area contributed by atoms with Crippen LogP contribution in [0.2, 0.25) is 0 Å². The van der Waals surface area contributed by atoms with Gasteiger partial charge in [-0.2, -0.15) is 0 Å². The molecule has 1 aromatic carbocycles. The van der Waals surface area contributed by atoms with Gasteiger partial charge in [-0.05, 0) is 50.3 Å². The minimum atomic E-state index is -0.179. The van der Waals surface area contributed by atoms with Crippen LogP contribution in [0.1, 0.15) is 42.1 Å². The van der Waals surface area contributed by atoms with Gasteiger partial charge < -0.3 is 10.4 Å². The molecular formula is C14H19NO2. The Morgan fingerprint density at radius 2 is 2.18 bits per heavy atom. The third-order valence-corrected chi connectivity index (χ3v) is 3.61. The van der Waals surface area contributed by atoms with Crippen molar-refractivity contribution in [2.24, 2.45) is 5.92 Å². The van der Waals surface area contributed by atoms with Crippen LogP contribution in [0.5, 0.6) is 5.75 Å². The molecule has 0 heterocycles. The number of phenolic OH excluding ortho intramolecular Hbond substituents is 1. The lowest BCUT2D eigenvalue weighted by molar-refractivity contribution is 0.0906. The van der Waals surface area contributed by atoms with E-state index in [4.69, 9.17) is 0 Å². The molecule has 17 heavy (non-hydrogen) atoms. The Hall–Kier alpha value is -1.51. The quantitative estimate of drug-likeness (QED) is 0.843. The molecule has 0 aliphatic heterocycles. The minimum Gasteiger partial charge on any atom is -0.507 e. The summed E-state index contributed by atoms with van der Waals surface area (Å²) in [6, 6.07) is 5.32. The highest BCUT2D eigenvalue weighted by Gasteiger charge is 2.25. The number of carbonyl (C=O) groups excluding carboxylic acids is 1. The van der Waals surface area contributed by atoms with Crippen LogP contribution in [0.25, 0.3) is 0 Å². The van der Waals surface area contributed by atoms with Gasteiger partial charge in [0.15, 0.2) is 0 Å². The summed E-state index contributed by atoms with van der Waals surface area (Å²) in [5.41, 5.74) is 1.31. The average Bonchev–Trinajstić information content (AvgIpc) is 2.13. The van der Waals surface area contributed by atoms with Crippen LogP contribution in [-0.2, 0) is 0 Å². The lowest BCUT2D eigenvalue weighted by atomic mass is 9.80. The molecular weight excluding hydrogens is 214 g/mol. The summed E-state index contributed by atoms with van der Waals surface area (Å²) in [7, 11) is 0. The highest BCUT2D eigenvalue weighted by atomic mass is 16.3. The molecule has 92 valence electrons. The molecule has 1 saturated carbocycles. The molecule has 0 bridgehead atoms. The van der Waals surface area contributed by atoms with Crippen molar-refractivity contribution >= 4 is 5.91 Å². The van der Waals surface area contributed by atoms with E-state index in [9.17, 15) is 9.90 Å². The summed E-state index contributed by atoms with van der Waals surface area (Å²) in [4.78, 5) is 12.0. The van der Waals surface area contributed by atoms with E-state index in [2.05, 4.69) is 5.32 Å². The van der Waals surface area contributed by atoms with Gasteiger partial charge in [0.05, 0.1) is 5.56 Å². The molecule has 0 spiro atoms. The van der Waals surface area contributed by atoms with Crippen LogP contribution in [0.15, 0.2) is 18.2 Å². The number of phenols is 1. The fourth-order valence-electron chi connectivity index (χ4n) is 2.18. The number of amides is 1. The number of hydrogen-bond acceptors (Lipinski definition) is 2. The van der Waals surface area contributed by atoms with E-state index in [1.165, 1.54) is 19.3 Å². The van der Waals surface area contributed by atoms with Crippen LogP contribution < -0.4 is 5.32 Å². The first-order valence-corrected chi connectivity index (χ1v) is 6.18. The Morgan fingerprint density at radius 3 is 2.71 bits per heavy atom. The molecule has 1 aromatic rings. The summed E-state index contributed by atoms with van der Waals surface area (Å²) in [5, 5.41) is 12.7. The van der Waals surface area contributed by atoms with Gasteiger partial charge in [0.2, 0.25) is 0 Å².